The highest BCUT2D eigenvalue weighted by atomic mass is 35.5. The lowest BCUT2D eigenvalue weighted by Crippen LogP contribution is -2.56. The van der Waals surface area contributed by atoms with Crippen molar-refractivity contribution >= 4 is 27.5 Å². The van der Waals surface area contributed by atoms with Crippen LogP contribution in [0.15, 0.2) is 23.1 Å². The Morgan fingerprint density at radius 3 is 2.39 bits per heavy atom. The number of benzene rings is 1. The zero-order chi connectivity index (χ0) is 21.8. The van der Waals surface area contributed by atoms with Gasteiger partial charge in [-0.15, -0.1) is 0 Å². The Morgan fingerprint density at radius 2 is 1.77 bits per heavy atom. The first-order valence-corrected chi connectivity index (χ1v) is 13.3. The predicted molar refractivity (Wildman–Crippen MR) is 117 cm³/mol. The second-order valence-electron chi connectivity index (χ2n) is 10.2. The van der Waals surface area contributed by atoms with E-state index in [4.69, 9.17) is 11.6 Å². The molecule has 8 heteroatoms. The van der Waals surface area contributed by atoms with E-state index in [2.05, 4.69) is 5.32 Å². The van der Waals surface area contributed by atoms with Crippen LogP contribution in [0.1, 0.15) is 57.8 Å². The summed E-state index contributed by atoms with van der Waals surface area (Å²) in [6.07, 6.45) is 9.17. The van der Waals surface area contributed by atoms with Crippen molar-refractivity contribution < 1.29 is 17.6 Å². The first-order chi connectivity index (χ1) is 14.8. The lowest BCUT2D eigenvalue weighted by Gasteiger charge is -2.55. The van der Waals surface area contributed by atoms with Crippen LogP contribution in [0.5, 0.6) is 0 Å². The van der Waals surface area contributed by atoms with Gasteiger partial charge in [0.25, 0.3) is 0 Å². The first kappa shape index (κ1) is 21.7. The number of hydrogen-bond donors (Lipinski definition) is 1. The summed E-state index contributed by atoms with van der Waals surface area (Å²) >= 11 is 6.07. The van der Waals surface area contributed by atoms with Gasteiger partial charge >= 0.3 is 0 Å². The average Bonchev–Trinajstić information content (AvgIpc) is 2.71. The van der Waals surface area contributed by atoms with E-state index in [-0.39, 0.29) is 27.3 Å². The highest BCUT2D eigenvalue weighted by molar-refractivity contribution is 7.89. The molecule has 1 atom stereocenters. The molecule has 1 saturated heterocycles. The molecule has 170 valence electrons. The van der Waals surface area contributed by atoms with Gasteiger partial charge in [0.2, 0.25) is 15.9 Å². The largest absolute Gasteiger partial charge is 0.354 e. The van der Waals surface area contributed by atoms with Crippen molar-refractivity contribution in [3.05, 3.63) is 29.0 Å². The fourth-order valence-electron chi connectivity index (χ4n) is 7.09. The fraction of sp³-hybridized carbons (Fsp3) is 0.696. The maximum absolute atomic E-state index is 13.4. The third kappa shape index (κ3) is 3.91. The smallest absolute Gasteiger partial charge is 0.244 e. The standard InChI is InChI=1S/C23H30ClFN2O3S/c24-20-10-18(25)4-5-21(20)31(29,30)27-6-2-1-3-19(27)14-26-22(28)23-11-15-7-16(12-23)9-17(8-15)13-23/h4-5,10,15-17,19H,1-3,6-9,11-14H2,(H,26,28). The van der Waals surface area contributed by atoms with E-state index in [0.29, 0.717) is 37.3 Å². The molecule has 31 heavy (non-hydrogen) atoms. The van der Waals surface area contributed by atoms with Crippen molar-refractivity contribution in [3.63, 3.8) is 0 Å². The molecule has 1 amide bonds. The molecule has 6 rings (SSSR count). The van der Waals surface area contributed by atoms with Gasteiger partial charge in [0.05, 0.1) is 5.02 Å². The van der Waals surface area contributed by atoms with Crippen molar-refractivity contribution in [1.29, 1.82) is 0 Å². The number of nitrogens with zero attached hydrogens (tertiary/aromatic N) is 1. The summed E-state index contributed by atoms with van der Waals surface area (Å²) in [7, 11) is -3.87. The average molecular weight is 469 g/mol. The Bertz CT molecular complexity index is 948. The lowest BCUT2D eigenvalue weighted by molar-refractivity contribution is -0.146. The minimum atomic E-state index is -3.87. The van der Waals surface area contributed by atoms with E-state index in [1.807, 2.05) is 0 Å². The number of carbonyl (C=O) groups is 1. The molecule has 5 aliphatic rings. The molecule has 5 fully saturated rings. The number of carbonyl (C=O) groups excluding carboxylic acids is 1. The Balaban J connectivity index is 1.31. The van der Waals surface area contributed by atoms with E-state index in [0.717, 1.165) is 44.2 Å². The van der Waals surface area contributed by atoms with Crippen LogP contribution in [0, 0.1) is 29.0 Å². The summed E-state index contributed by atoms with van der Waals surface area (Å²) in [6, 6.07) is 3.07. The maximum atomic E-state index is 13.4. The Labute approximate surface area is 188 Å². The van der Waals surface area contributed by atoms with Gasteiger partial charge in [0.1, 0.15) is 10.7 Å². The quantitative estimate of drug-likeness (QED) is 0.698. The minimum absolute atomic E-state index is 0.0742. The zero-order valence-corrected chi connectivity index (χ0v) is 19.2. The van der Waals surface area contributed by atoms with Crippen LogP contribution < -0.4 is 5.32 Å². The monoisotopic (exact) mass is 468 g/mol. The Morgan fingerprint density at radius 1 is 1.13 bits per heavy atom. The summed E-state index contributed by atoms with van der Waals surface area (Å²) in [5.41, 5.74) is -0.243. The number of rotatable bonds is 5. The lowest BCUT2D eigenvalue weighted by atomic mass is 9.49. The Kier molecular flexibility index (Phi) is 5.58. The van der Waals surface area contributed by atoms with Crippen LogP contribution in [0.2, 0.25) is 5.02 Å². The number of piperidine rings is 1. The summed E-state index contributed by atoms with van der Waals surface area (Å²) in [6.45, 7) is 0.701. The maximum Gasteiger partial charge on any atom is 0.244 e. The molecule has 1 unspecified atom stereocenters. The van der Waals surface area contributed by atoms with Gasteiger partial charge in [-0.25, -0.2) is 12.8 Å². The summed E-state index contributed by atoms with van der Waals surface area (Å²) in [5, 5.41) is 3.04. The highest BCUT2D eigenvalue weighted by Crippen LogP contribution is 2.60. The molecule has 4 saturated carbocycles. The van der Waals surface area contributed by atoms with Gasteiger partial charge in [0.15, 0.2) is 0 Å². The molecular weight excluding hydrogens is 439 g/mol. The van der Waals surface area contributed by atoms with E-state index in [9.17, 15) is 17.6 Å². The molecule has 4 aliphatic carbocycles. The van der Waals surface area contributed by atoms with Crippen molar-refractivity contribution in [3.8, 4) is 0 Å². The van der Waals surface area contributed by atoms with Crippen molar-refractivity contribution in [2.45, 2.75) is 68.7 Å². The minimum Gasteiger partial charge on any atom is -0.354 e. The van der Waals surface area contributed by atoms with Gasteiger partial charge in [0, 0.05) is 24.5 Å². The summed E-state index contributed by atoms with van der Waals surface area (Å²) < 4.78 is 41.5. The number of nitrogens with one attached hydrogen (secondary N) is 1. The molecule has 0 radical (unpaired) electrons. The van der Waals surface area contributed by atoms with Gasteiger partial charge in [-0.2, -0.15) is 4.31 Å². The molecule has 1 aromatic carbocycles. The van der Waals surface area contributed by atoms with Gasteiger partial charge < -0.3 is 5.32 Å². The molecule has 1 N–H and O–H groups in total. The molecule has 0 spiro atoms. The predicted octanol–water partition coefficient (Wildman–Crippen LogP) is 4.35. The topological polar surface area (TPSA) is 66.5 Å². The molecule has 1 aliphatic heterocycles. The molecule has 1 heterocycles. The normalized spacial score (nSPS) is 35.3. The van der Waals surface area contributed by atoms with Crippen LogP contribution in [-0.2, 0) is 14.8 Å². The van der Waals surface area contributed by atoms with Crippen LogP contribution in [0.4, 0.5) is 4.39 Å². The SMILES string of the molecule is O=C(NCC1CCCCN1S(=O)(=O)c1ccc(F)cc1Cl)C12CC3CC(CC(C3)C1)C2. The van der Waals surface area contributed by atoms with Crippen molar-refractivity contribution in [2.75, 3.05) is 13.1 Å². The van der Waals surface area contributed by atoms with Crippen LogP contribution in [-0.4, -0.2) is 37.8 Å². The fourth-order valence-corrected chi connectivity index (χ4v) is 9.29. The Hall–Kier alpha value is -1.18. The number of hydrogen-bond acceptors (Lipinski definition) is 3. The van der Waals surface area contributed by atoms with Crippen LogP contribution >= 0.6 is 11.6 Å². The molecular formula is C23H30ClFN2O3S. The number of amides is 1. The second-order valence-corrected chi connectivity index (χ2v) is 12.5. The van der Waals surface area contributed by atoms with Crippen LogP contribution in [0.3, 0.4) is 0 Å². The first-order valence-electron chi connectivity index (χ1n) is 11.5. The molecule has 4 bridgehead atoms. The van der Waals surface area contributed by atoms with Crippen LogP contribution in [0.25, 0.3) is 0 Å². The van der Waals surface area contributed by atoms with E-state index in [1.165, 1.54) is 29.6 Å². The highest BCUT2D eigenvalue weighted by Gasteiger charge is 2.54. The van der Waals surface area contributed by atoms with Gasteiger partial charge in [-0.05, 0) is 87.3 Å². The third-order valence-corrected chi connectivity index (χ3v) is 10.5. The van der Waals surface area contributed by atoms with E-state index in [1.54, 1.807) is 0 Å². The molecule has 5 nitrogen and oxygen atoms in total. The van der Waals surface area contributed by atoms with E-state index < -0.39 is 15.8 Å². The second kappa shape index (κ2) is 7.99. The number of halogens is 2. The third-order valence-electron chi connectivity index (χ3n) is 8.07. The zero-order valence-electron chi connectivity index (χ0n) is 17.7. The van der Waals surface area contributed by atoms with Gasteiger partial charge in [-0.1, -0.05) is 18.0 Å². The summed E-state index contributed by atoms with van der Waals surface area (Å²) in [5.74, 6) is 1.61. The molecule has 1 aromatic rings. The van der Waals surface area contributed by atoms with Gasteiger partial charge in [-0.3, -0.25) is 4.79 Å². The van der Waals surface area contributed by atoms with Crippen molar-refractivity contribution in [2.24, 2.45) is 23.2 Å². The van der Waals surface area contributed by atoms with E-state index >= 15 is 0 Å². The number of sulfonamides is 1. The summed E-state index contributed by atoms with van der Waals surface area (Å²) in [4.78, 5) is 13.2. The molecule has 0 aromatic heterocycles. The van der Waals surface area contributed by atoms with Crippen molar-refractivity contribution in [1.82, 2.24) is 9.62 Å².